The maximum absolute atomic E-state index is 12.5. The van der Waals surface area contributed by atoms with Crippen molar-refractivity contribution in [1.82, 2.24) is 4.90 Å². The van der Waals surface area contributed by atoms with Gasteiger partial charge in [0.2, 0.25) is 5.91 Å². The van der Waals surface area contributed by atoms with Gasteiger partial charge in [-0.25, -0.2) is 0 Å². The van der Waals surface area contributed by atoms with Crippen molar-refractivity contribution >= 4 is 40.4 Å². The van der Waals surface area contributed by atoms with Gasteiger partial charge in [-0.1, -0.05) is 36.7 Å². The molecular formula is C17H19ClN2O2S. The second-order valence-electron chi connectivity index (χ2n) is 5.19. The van der Waals surface area contributed by atoms with Gasteiger partial charge in [0, 0.05) is 12.2 Å². The number of carbonyl (C=O) groups excluding carboxylic acids is 2. The Hall–Kier alpha value is -1.85. The van der Waals surface area contributed by atoms with Crippen LogP contribution in [0.1, 0.15) is 28.6 Å². The second-order valence-corrected chi connectivity index (χ2v) is 6.91. The average Bonchev–Trinajstić information content (AvgIpc) is 2.95. The zero-order chi connectivity index (χ0) is 16.8. The van der Waals surface area contributed by atoms with E-state index in [1.165, 1.54) is 11.3 Å². The molecule has 23 heavy (non-hydrogen) atoms. The lowest BCUT2D eigenvalue weighted by Crippen LogP contribution is -2.38. The number of anilines is 1. The Morgan fingerprint density at radius 2 is 1.96 bits per heavy atom. The van der Waals surface area contributed by atoms with E-state index in [2.05, 4.69) is 5.32 Å². The van der Waals surface area contributed by atoms with Crippen LogP contribution < -0.4 is 5.32 Å². The van der Waals surface area contributed by atoms with Crippen LogP contribution in [0.5, 0.6) is 0 Å². The number of hydrogen-bond acceptors (Lipinski definition) is 3. The molecule has 0 saturated carbocycles. The SMILES string of the molecule is CCCN(CC(=O)Nc1ccccc1C)C(=O)c1ccc(Cl)s1. The van der Waals surface area contributed by atoms with Gasteiger partial charge in [0.25, 0.3) is 5.91 Å². The summed E-state index contributed by atoms with van der Waals surface area (Å²) in [7, 11) is 0. The lowest BCUT2D eigenvalue weighted by Gasteiger charge is -2.21. The summed E-state index contributed by atoms with van der Waals surface area (Å²) in [6.07, 6.45) is 0.780. The minimum atomic E-state index is -0.205. The first-order chi connectivity index (χ1) is 11.0. The molecule has 4 nitrogen and oxygen atoms in total. The molecule has 0 atom stereocenters. The molecule has 2 rings (SSSR count). The van der Waals surface area contributed by atoms with E-state index in [1.807, 2.05) is 38.1 Å². The lowest BCUT2D eigenvalue weighted by atomic mass is 10.2. The molecule has 0 bridgehead atoms. The summed E-state index contributed by atoms with van der Waals surface area (Å²) in [5.41, 5.74) is 1.75. The molecule has 0 radical (unpaired) electrons. The highest BCUT2D eigenvalue weighted by molar-refractivity contribution is 7.17. The topological polar surface area (TPSA) is 49.4 Å². The summed E-state index contributed by atoms with van der Waals surface area (Å²) >= 11 is 7.11. The number of aryl methyl sites for hydroxylation is 1. The normalized spacial score (nSPS) is 10.4. The van der Waals surface area contributed by atoms with E-state index in [9.17, 15) is 9.59 Å². The predicted molar refractivity (Wildman–Crippen MR) is 95.3 cm³/mol. The molecule has 1 aromatic heterocycles. The summed E-state index contributed by atoms with van der Waals surface area (Å²) < 4.78 is 0.564. The van der Waals surface area contributed by atoms with Crippen LogP contribution in [0.15, 0.2) is 36.4 Å². The van der Waals surface area contributed by atoms with E-state index in [0.717, 1.165) is 17.7 Å². The molecule has 0 aliphatic carbocycles. The number of nitrogens with zero attached hydrogens (tertiary/aromatic N) is 1. The highest BCUT2D eigenvalue weighted by Gasteiger charge is 2.20. The largest absolute Gasteiger partial charge is 0.329 e. The molecule has 0 aliphatic rings. The second kappa shape index (κ2) is 8.13. The van der Waals surface area contributed by atoms with Gasteiger partial charge < -0.3 is 10.2 Å². The zero-order valence-corrected chi connectivity index (χ0v) is 14.7. The molecule has 0 saturated heterocycles. The van der Waals surface area contributed by atoms with E-state index in [-0.39, 0.29) is 18.4 Å². The number of benzene rings is 1. The van der Waals surface area contributed by atoms with E-state index in [4.69, 9.17) is 11.6 Å². The van der Waals surface area contributed by atoms with E-state index >= 15 is 0 Å². The summed E-state index contributed by atoms with van der Waals surface area (Å²) in [4.78, 5) is 26.9. The van der Waals surface area contributed by atoms with Gasteiger partial charge >= 0.3 is 0 Å². The summed E-state index contributed by atoms with van der Waals surface area (Å²) in [5.74, 6) is -0.368. The lowest BCUT2D eigenvalue weighted by molar-refractivity contribution is -0.116. The van der Waals surface area contributed by atoms with Gasteiger partial charge in [0.1, 0.15) is 6.54 Å². The van der Waals surface area contributed by atoms with Crippen molar-refractivity contribution in [2.45, 2.75) is 20.3 Å². The minimum absolute atomic E-state index is 0.0243. The van der Waals surface area contributed by atoms with Crippen molar-refractivity contribution in [3.8, 4) is 0 Å². The van der Waals surface area contributed by atoms with Crippen LogP contribution in [0.3, 0.4) is 0 Å². The van der Waals surface area contributed by atoms with E-state index in [0.29, 0.717) is 15.8 Å². The van der Waals surface area contributed by atoms with Crippen LogP contribution in [-0.4, -0.2) is 29.8 Å². The number of para-hydroxylation sites is 1. The fourth-order valence-electron chi connectivity index (χ4n) is 2.18. The Kier molecular flexibility index (Phi) is 6.19. The van der Waals surface area contributed by atoms with Crippen molar-refractivity contribution in [2.24, 2.45) is 0 Å². The highest BCUT2D eigenvalue weighted by atomic mass is 35.5. The maximum Gasteiger partial charge on any atom is 0.264 e. The standard InChI is InChI=1S/C17H19ClN2O2S/c1-3-10-20(17(22)14-8-9-15(18)23-14)11-16(21)19-13-7-5-4-6-12(13)2/h4-9H,3,10-11H2,1-2H3,(H,19,21). The number of amides is 2. The molecule has 122 valence electrons. The van der Waals surface area contributed by atoms with Gasteiger partial charge in [-0.05, 0) is 37.1 Å². The first-order valence-electron chi connectivity index (χ1n) is 7.41. The minimum Gasteiger partial charge on any atom is -0.329 e. The Morgan fingerprint density at radius 3 is 2.57 bits per heavy atom. The third-order valence-corrected chi connectivity index (χ3v) is 4.54. The summed E-state index contributed by atoms with van der Waals surface area (Å²) in [6, 6.07) is 10.9. The number of rotatable bonds is 6. The fraction of sp³-hybridized carbons (Fsp3) is 0.294. The molecule has 6 heteroatoms. The molecule has 1 aromatic carbocycles. The third kappa shape index (κ3) is 4.81. The number of thiophene rings is 1. The molecule has 0 unspecified atom stereocenters. The molecule has 0 spiro atoms. The fourth-order valence-corrected chi connectivity index (χ4v) is 3.19. The quantitative estimate of drug-likeness (QED) is 0.848. The van der Waals surface area contributed by atoms with Crippen molar-refractivity contribution in [2.75, 3.05) is 18.4 Å². The third-order valence-electron chi connectivity index (χ3n) is 3.32. The number of halogens is 1. The van der Waals surface area contributed by atoms with Crippen molar-refractivity contribution in [1.29, 1.82) is 0 Å². The highest BCUT2D eigenvalue weighted by Crippen LogP contribution is 2.23. The predicted octanol–water partition coefficient (Wildman–Crippen LogP) is 4.20. The number of nitrogens with one attached hydrogen (secondary N) is 1. The smallest absolute Gasteiger partial charge is 0.264 e. The molecule has 2 amide bonds. The Bertz CT molecular complexity index is 699. The van der Waals surface area contributed by atoms with Gasteiger partial charge in [0.15, 0.2) is 0 Å². The van der Waals surface area contributed by atoms with E-state index < -0.39 is 0 Å². The summed E-state index contributed by atoms with van der Waals surface area (Å²) in [6.45, 7) is 4.45. The first-order valence-corrected chi connectivity index (χ1v) is 8.60. The van der Waals surface area contributed by atoms with Crippen LogP contribution in [0.25, 0.3) is 0 Å². The van der Waals surface area contributed by atoms with Gasteiger partial charge in [-0.15, -0.1) is 11.3 Å². The number of carbonyl (C=O) groups is 2. The van der Waals surface area contributed by atoms with Gasteiger partial charge in [0.05, 0.1) is 9.21 Å². The maximum atomic E-state index is 12.5. The van der Waals surface area contributed by atoms with Crippen molar-refractivity contribution < 1.29 is 9.59 Å². The molecule has 1 heterocycles. The molecule has 2 aromatic rings. The number of hydrogen-bond donors (Lipinski definition) is 1. The van der Waals surface area contributed by atoms with Crippen LogP contribution in [0, 0.1) is 6.92 Å². The van der Waals surface area contributed by atoms with Crippen LogP contribution in [-0.2, 0) is 4.79 Å². The molecule has 0 aliphatic heterocycles. The van der Waals surface area contributed by atoms with Crippen molar-refractivity contribution in [3.05, 3.63) is 51.2 Å². The Morgan fingerprint density at radius 1 is 1.22 bits per heavy atom. The van der Waals surface area contributed by atoms with Gasteiger partial charge in [-0.2, -0.15) is 0 Å². The van der Waals surface area contributed by atoms with Crippen molar-refractivity contribution in [3.63, 3.8) is 0 Å². The first kappa shape index (κ1) is 17.5. The molecule has 0 fully saturated rings. The Balaban J connectivity index is 2.05. The van der Waals surface area contributed by atoms with Gasteiger partial charge in [-0.3, -0.25) is 9.59 Å². The molecule has 1 N–H and O–H groups in total. The van der Waals surface area contributed by atoms with E-state index in [1.54, 1.807) is 17.0 Å². The zero-order valence-electron chi connectivity index (χ0n) is 13.1. The average molecular weight is 351 g/mol. The van der Waals surface area contributed by atoms with Crippen LogP contribution in [0.4, 0.5) is 5.69 Å². The molecular weight excluding hydrogens is 332 g/mol. The Labute approximate surface area is 145 Å². The van der Waals surface area contributed by atoms with Crippen LogP contribution in [0.2, 0.25) is 4.34 Å². The summed E-state index contributed by atoms with van der Waals surface area (Å²) in [5, 5.41) is 2.86. The van der Waals surface area contributed by atoms with Crippen LogP contribution >= 0.6 is 22.9 Å². The monoisotopic (exact) mass is 350 g/mol.